The molecule has 1 aliphatic carbocycles. The van der Waals surface area contributed by atoms with E-state index in [1.165, 1.54) is 12.8 Å². The highest BCUT2D eigenvalue weighted by molar-refractivity contribution is 5.03. The zero-order valence-corrected chi connectivity index (χ0v) is 7.69. The maximum absolute atomic E-state index is 5.51. The lowest BCUT2D eigenvalue weighted by Crippen LogP contribution is -2.35. The van der Waals surface area contributed by atoms with Gasteiger partial charge in [-0.15, -0.1) is 0 Å². The van der Waals surface area contributed by atoms with Crippen LogP contribution in [-0.2, 0) is 9.47 Å². The molecular weight excluding hydrogens is 152 g/mol. The molecule has 2 nitrogen and oxygen atoms in total. The first-order chi connectivity index (χ1) is 5.77. The van der Waals surface area contributed by atoms with Crippen molar-refractivity contribution in [3.63, 3.8) is 0 Å². The summed E-state index contributed by atoms with van der Waals surface area (Å²) in [7, 11) is 0. The Balaban J connectivity index is 1.60. The molecule has 2 saturated heterocycles. The van der Waals surface area contributed by atoms with E-state index in [1.54, 1.807) is 0 Å². The number of epoxide rings is 2. The summed E-state index contributed by atoms with van der Waals surface area (Å²) < 4.78 is 11.0. The first-order valence-electron chi connectivity index (χ1n) is 5.08. The molecule has 0 N–H and O–H groups in total. The fourth-order valence-electron chi connectivity index (χ4n) is 2.67. The predicted molar refractivity (Wildman–Crippen MR) is 44.9 cm³/mol. The molecular formula is C10H16O2. The molecule has 12 heavy (non-hydrogen) atoms. The Hall–Kier alpha value is -0.0800. The van der Waals surface area contributed by atoms with Crippen molar-refractivity contribution in [2.75, 3.05) is 0 Å². The minimum atomic E-state index is 0.534. The largest absolute Gasteiger partial charge is 0.370 e. The van der Waals surface area contributed by atoms with Crippen LogP contribution in [-0.4, -0.2) is 24.4 Å². The van der Waals surface area contributed by atoms with Crippen molar-refractivity contribution in [1.82, 2.24) is 0 Å². The average Bonchev–Trinajstić information content (AvgIpc) is 2.77. The van der Waals surface area contributed by atoms with Gasteiger partial charge in [0, 0.05) is 0 Å². The summed E-state index contributed by atoms with van der Waals surface area (Å²) in [5.74, 6) is 1.66. The second-order valence-electron chi connectivity index (χ2n) is 4.52. The van der Waals surface area contributed by atoms with Crippen molar-refractivity contribution in [1.29, 1.82) is 0 Å². The molecule has 0 radical (unpaired) electrons. The fourth-order valence-corrected chi connectivity index (χ4v) is 2.67. The van der Waals surface area contributed by atoms with Gasteiger partial charge in [0.1, 0.15) is 0 Å². The third-order valence-corrected chi connectivity index (χ3v) is 3.74. The van der Waals surface area contributed by atoms with Gasteiger partial charge >= 0.3 is 0 Å². The van der Waals surface area contributed by atoms with Crippen molar-refractivity contribution in [3.05, 3.63) is 0 Å². The number of hydrogen-bond donors (Lipinski definition) is 0. The fraction of sp³-hybridized carbons (Fsp3) is 1.00. The van der Waals surface area contributed by atoms with Crippen molar-refractivity contribution in [3.8, 4) is 0 Å². The summed E-state index contributed by atoms with van der Waals surface area (Å²) in [6.07, 6.45) is 4.97. The van der Waals surface area contributed by atoms with E-state index in [1.807, 2.05) is 0 Å². The smallest absolute Gasteiger partial charge is 0.0870 e. The molecule has 0 aromatic heterocycles. The average molecular weight is 168 g/mol. The van der Waals surface area contributed by atoms with Crippen LogP contribution >= 0.6 is 0 Å². The highest BCUT2D eigenvalue weighted by Gasteiger charge is 2.55. The monoisotopic (exact) mass is 168 g/mol. The number of hydrogen-bond acceptors (Lipinski definition) is 2. The van der Waals surface area contributed by atoms with E-state index < -0.39 is 0 Å². The minimum absolute atomic E-state index is 0.534. The molecule has 0 aromatic rings. The summed E-state index contributed by atoms with van der Waals surface area (Å²) in [5, 5.41) is 0. The third kappa shape index (κ3) is 0.944. The lowest BCUT2D eigenvalue weighted by atomic mass is 9.69. The number of rotatable bonds is 2. The van der Waals surface area contributed by atoms with Gasteiger partial charge in [-0.25, -0.2) is 0 Å². The highest BCUT2D eigenvalue weighted by Crippen LogP contribution is 2.51. The highest BCUT2D eigenvalue weighted by atomic mass is 16.6. The van der Waals surface area contributed by atoms with Crippen LogP contribution in [0.1, 0.15) is 26.7 Å². The van der Waals surface area contributed by atoms with E-state index in [-0.39, 0.29) is 0 Å². The Kier molecular flexibility index (Phi) is 1.37. The van der Waals surface area contributed by atoms with Gasteiger partial charge in [-0.1, -0.05) is 0 Å². The third-order valence-electron chi connectivity index (χ3n) is 3.74. The molecule has 0 aromatic carbocycles. The van der Waals surface area contributed by atoms with Gasteiger partial charge in [0.05, 0.1) is 24.4 Å². The van der Waals surface area contributed by atoms with Crippen LogP contribution in [0.4, 0.5) is 0 Å². The standard InChI is InChI=1S/C10H16O2/c1-5-9(11-5)7-3-4-8(7)10-6(2)12-10/h5-10H,3-4H2,1-2H3. The van der Waals surface area contributed by atoms with Crippen LogP contribution in [0, 0.1) is 11.8 Å². The van der Waals surface area contributed by atoms with Crippen LogP contribution in [0.3, 0.4) is 0 Å². The van der Waals surface area contributed by atoms with Gasteiger partial charge in [0.25, 0.3) is 0 Å². The summed E-state index contributed by atoms with van der Waals surface area (Å²) >= 11 is 0. The lowest BCUT2D eigenvalue weighted by molar-refractivity contribution is 0.102. The van der Waals surface area contributed by atoms with Crippen LogP contribution in [0.5, 0.6) is 0 Å². The van der Waals surface area contributed by atoms with E-state index in [9.17, 15) is 0 Å². The van der Waals surface area contributed by atoms with Crippen molar-refractivity contribution in [2.24, 2.45) is 11.8 Å². The molecule has 6 atom stereocenters. The Morgan fingerprint density at radius 3 is 1.33 bits per heavy atom. The lowest BCUT2D eigenvalue weighted by Gasteiger charge is -2.34. The zero-order chi connectivity index (χ0) is 8.29. The van der Waals surface area contributed by atoms with Gasteiger partial charge < -0.3 is 9.47 Å². The number of ether oxygens (including phenoxy) is 2. The van der Waals surface area contributed by atoms with Crippen LogP contribution in [0.25, 0.3) is 0 Å². The topological polar surface area (TPSA) is 25.1 Å². The van der Waals surface area contributed by atoms with Crippen molar-refractivity contribution < 1.29 is 9.47 Å². The second kappa shape index (κ2) is 2.24. The normalized spacial score (nSPS) is 62.5. The SMILES string of the molecule is CC1OC1C1CCC1C1OC1C. The van der Waals surface area contributed by atoms with Crippen LogP contribution in [0.2, 0.25) is 0 Å². The Morgan fingerprint density at radius 2 is 1.17 bits per heavy atom. The maximum atomic E-state index is 5.51. The van der Waals surface area contributed by atoms with E-state index in [0.29, 0.717) is 24.4 Å². The van der Waals surface area contributed by atoms with Crippen molar-refractivity contribution in [2.45, 2.75) is 51.1 Å². The molecule has 3 fully saturated rings. The minimum Gasteiger partial charge on any atom is -0.370 e. The first kappa shape index (κ1) is 7.34. The predicted octanol–water partition coefficient (Wildman–Crippen LogP) is 1.59. The molecule has 2 heterocycles. The van der Waals surface area contributed by atoms with Gasteiger partial charge in [-0.3, -0.25) is 0 Å². The molecule has 2 aliphatic heterocycles. The molecule has 3 aliphatic rings. The molecule has 6 unspecified atom stereocenters. The molecule has 0 amide bonds. The van der Waals surface area contributed by atoms with E-state index in [2.05, 4.69) is 13.8 Å². The van der Waals surface area contributed by atoms with E-state index in [4.69, 9.17) is 9.47 Å². The molecule has 1 saturated carbocycles. The Labute approximate surface area is 73.2 Å². The molecule has 3 rings (SSSR count). The van der Waals surface area contributed by atoms with E-state index in [0.717, 1.165) is 11.8 Å². The van der Waals surface area contributed by atoms with Crippen molar-refractivity contribution >= 4 is 0 Å². The summed E-state index contributed by atoms with van der Waals surface area (Å²) in [5.41, 5.74) is 0. The molecule has 0 bridgehead atoms. The second-order valence-corrected chi connectivity index (χ2v) is 4.52. The summed E-state index contributed by atoms with van der Waals surface area (Å²) in [6, 6.07) is 0. The van der Waals surface area contributed by atoms with Gasteiger partial charge in [0.2, 0.25) is 0 Å². The summed E-state index contributed by atoms with van der Waals surface area (Å²) in [6.45, 7) is 4.36. The quantitative estimate of drug-likeness (QED) is 0.585. The zero-order valence-electron chi connectivity index (χ0n) is 7.69. The molecule has 68 valence electrons. The maximum Gasteiger partial charge on any atom is 0.0870 e. The summed E-state index contributed by atoms with van der Waals surface area (Å²) in [4.78, 5) is 0. The van der Waals surface area contributed by atoms with Crippen LogP contribution < -0.4 is 0 Å². The Morgan fingerprint density at radius 1 is 0.833 bits per heavy atom. The first-order valence-corrected chi connectivity index (χ1v) is 5.08. The van der Waals surface area contributed by atoms with Gasteiger partial charge in [0.15, 0.2) is 0 Å². The van der Waals surface area contributed by atoms with E-state index >= 15 is 0 Å². The van der Waals surface area contributed by atoms with Gasteiger partial charge in [-0.05, 0) is 38.5 Å². The van der Waals surface area contributed by atoms with Crippen LogP contribution in [0.15, 0.2) is 0 Å². The van der Waals surface area contributed by atoms with Gasteiger partial charge in [-0.2, -0.15) is 0 Å². The molecule has 2 heteroatoms. The molecule has 0 spiro atoms. The Bertz CT molecular complexity index is 182.